The van der Waals surface area contributed by atoms with Crippen LogP contribution in [0.2, 0.25) is 0 Å². The number of benzene rings is 2. The van der Waals surface area contributed by atoms with Crippen LogP contribution in [0.5, 0.6) is 5.75 Å². The van der Waals surface area contributed by atoms with E-state index in [2.05, 4.69) is 9.97 Å². The van der Waals surface area contributed by atoms with E-state index in [4.69, 9.17) is 4.74 Å². The number of ether oxygens (including phenoxy) is 1. The number of hydrogen-bond donors (Lipinski definition) is 2. The minimum atomic E-state index is -0.800. The molecule has 1 aliphatic heterocycles. The minimum absolute atomic E-state index is 0.0237. The third-order valence-corrected chi connectivity index (χ3v) is 6.37. The zero-order chi connectivity index (χ0) is 22.9. The van der Waals surface area contributed by atoms with Gasteiger partial charge in [-0.25, -0.2) is 4.98 Å². The number of carbonyl (C=O) groups excluding carboxylic acids is 2. The number of ketones is 1. The summed E-state index contributed by atoms with van der Waals surface area (Å²) in [4.78, 5) is 36.1. The first-order valence-electron chi connectivity index (χ1n) is 10.6. The molecule has 1 saturated heterocycles. The number of aromatic nitrogens is 2. The number of rotatable bonds is 6. The van der Waals surface area contributed by atoms with E-state index in [-0.39, 0.29) is 17.3 Å². The number of aromatic amines is 1. The molecule has 1 aliphatic rings. The lowest BCUT2D eigenvalue weighted by Gasteiger charge is -2.21. The van der Waals surface area contributed by atoms with Crippen molar-refractivity contribution in [2.75, 3.05) is 11.5 Å². The van der Waals surface area contributed by atoms with Gasteiger partial charge in [0.05, 0.1) is 23.2 Å². The molecule has 2 aromatic heterocycles. The number of imidazole rings is 1. The summed E-state index contributed by atoms with van der Waals surface area (Å²) < 4.78 is 5.67. The molecule has 1 amide bonds. The summed E-state index contributed by atoms with van der Waals surface area (Å²) in [6.45, 7) is 2.54. The molecule has 2 aromatic carbocycles. The van der Waals surface area contributed by atoms with Gasteiger partial charge >= 0.3 is 5.91 Å². The molecule has 0 saturated carbocycles. The quantitative estimate of drug-likeness (QED) is 0.239. The highest BCUT2D eigenvalue weighted by molar-refractivity contribution is 7.10. The molecule has 2 N–H and O–H groups in total. The van der Waals surface area contributed by atoms with Gasteiger partial charge in [0.1, 0.15) is 17.6 Å². The summed E-state index contributed by atoms with van der Waals surface area (Å²) in [5.41, 5.74) is 1.86. The van der Waals surface area contributed by atoms with Crippen molar-refractivity contribution in [3.63, 3.8) is 0 Å². The van der Waals surface area contributed by atoms with Crippen LogP contribution in [-0.4, -0.2) is 33.4 Å². The summed E-state index contributed by atoms with van der Waals surface area (Å²) in [5.74, 6) is -0.901. The first-order valence-corrected chi connectivity index (χ1v) is 11.5. The number of fused-ring (bicyclic) bond motifs is 1. The van der Waals surface area contributed by atoms with Crippen LogP contribution >= 0.6 is 11.3 Å². The molecule has 1 unspecified atom stereocenters. The highest BCUT2D eigenvalue weighted by Crippen LogP contribution is 2.43. The maximum atomic E-state index is 13.2. The Morgan fingerprint density at radius 2 is 2.00 bits per heavy atom. The number of Topliss-reactive ketones (excluding diaryl/α,β-unsaturated/α-hetero) is 1. The van der Waals surface area contributed by atoms with E-state index in [1.807, 2.05) is 48.7 Å². The first kappa shape index (κ1) is 21.0. The molecule has 0 bridgehead atoms. The molecule has 0 aliphatic carbocycles. The number of aliphatic hydroxyl groups excluding tert-OH is 1. The van der Waals surface area contributed by atoms with Gasteiger partial charge in [-0.2, -0.15) is 0 Å². The molecule has 8 heteroatoms. The van der Waals surface area contributed by atoms with E-state index in [0.717, 1.165) is 16.8 Å². The maximum Gasteiger partial charge on any atom is 0.302 e. The third kappa shape index (κ3) is 3.68. The van der Waals surface area contributed by atoms with Gasteiger partial charge in [0, 0.05) is 10.4 Å². The van der Waals surface area contributed by atoms with Crippen molar-refractivity contribution in [2.24, 2.45) is 0 Å². The SMILES string of the molecule is CCCOc1cccc(/C(O)=C2\C(=O)C(=O)N(c3nc4ccccc4[nH]3)C2c2cccs2)c1. The van der Waals surface area contributed by atoms with E-state index in [9.17, 15) is 14.7 Å². The lowest BCUT2D eigenvalue weighted by Crippen LogP contribution is -2.30. The lowest BCUT2D eigenvalue weighted by atomic mass is 10.00. The lowest BCUT2D eigenvalue weighted by molar-refractivity contribution is -0.132. The van der Waals surface area contributed by atoms with Crippen LogP contribution in [0.4, 0.5) is 5.95 Å². The molecule has 5 rings (SSSR count). The van der Waals surface area contributed by atoms with E-state index in [1.54, 1.807) is 24.3 Å². The molecule has 166 valence electrons. The van der Waals surface area contributed by atoms with E-state index in [1.165, 1.54) is 16.2 Å². The Morgan fingerprint density at radius 3 is 2.76 bits per heavy atom. The van der Waals surface area contributed by atoms with Crippen molar-refractivity contribution in [3.05, 3.63) is 82.1 Å². The Balaban J connectivity index is 1.65. The molecule has 4 aromatic rings. The summed E-state index contributed by atoms with van der Waals surface area (Å²) >= 11 is 1.40. The second-order valence-electron chi connectivity index (χ2n) is 7.64. The highest BCUT2D eigenvalue weighted by atomic mass is 32.1. The number of anilines is 1. The third-order valence-electron chi connectivity index (χ3n) is 5.44. The Kier molecular flexibility index (Phi) is 5.43. The highest BCUT2D eigenvalue weighted by Gasteiger charge is 2.48. The number of thiophene rings is 1. The van der Waals surface area contributed by atoms with Crippen molar-refractivity contribution in [1.29, 1.82) is 0 Å². The van der Waals surface area contributed by atoms with Gasteiger partial charge in [-0.3, -0.25) is 14.5 Å². The predicted octanol–water partition coefficient (Wildman–Crippen LogP) is 5.04. The molecule has 7 nitrogen and oxygen atoms in total. The van der Waals surface area contributed by atoms with Crippen molar-refractivity contribution in [2.45, 2.75) is 19.4 Å². The molecule has 1 atom stereocenters. The van der Waals surface area contributed by atoms with Gasteiger partial charge in [0.15, 0.2) is 0 Å². The number of hydrogen-bond acceptors (Lipinski definition) is 6. The van der Waals surface area contributed by atoms with Crippen LogP contribution in [0, 0.1) is 0 Å². The van der Waals surface area contributed by atoms with Gasteiger partial charge in [0.2, 0.25) is 5.95 Å². The molecule has 0 radical (unpaired) electrons. The molecule has 0 spiro atoms. The summed E-state index contributed by atoms with van der Waals surface area (Å²) in [6.07, 6.45) is 0.844. The average Bonchev–Trinajstić information content (AvgIpc) is 3.56. The van der Waals surface area contributed by atoms with Crippen molar-refractivity contribution in [3.8, 4) is 5.75 Å². The fraction of sp³-hybridized carbons (Fsp3) is 0.160. The molecule has 1 fully saturated rings. The fourth-order valence-corrected chi connectivity index (χ4v) is 4.75. The Morgan fingerprint density at radius 1 is 1.15 bits per heavy atom. The molecule has 3 heterocycles. The largest absolute Gasteiger partial charge is 0.507 e. The number of para-hydroxylation sites is 2. The topological polar surface area (TPSA) is 95.5 Å². The van der Waals surface area contributed by atoms with Crippen molar-refractivity contribution in [1.82, 2.24) is 9.97 Å². The standard InChI is InChI=1S/C25H21N3O4S/c1-2-12-32-16-8-5-7-15(14-16)22(29)20-21(19-11-6-13-33-19)28(24(31)23(20)30)25-26-17-9-3-4-10-18(17)27-25/h3-11,13-14,21,29H,2,12H2,1H3,(H,26,27)/b22-20+. The van der Waals surface area contributed by atoms with Gasteiger partial charge in [-0.05, 0) is 42.1 Å². The van der Waals surface area contributed by atoms with E-state index < -0.39 is 17.7 Å². The van der Waals surface area contributed by atoms with Crippen LogP contribution in [0.1, 0.15) is 29.8 Å². The second kappa shape index (κ2) is 8.55. The zero-order valence-corrected chi connectivity index (χ0v) is 18.6. The Labute approximate surface area is 194 Å². The van der Waals surface area contributed by atoms with Crippen LogP contribution in [-0.2, 0) is 9.59 Å². The average molecular weight is 460 g/mol. The zero-order valence-electron chi connectivity index (χ0n) is 17.8. The van der Waals surface area contributed by atoms with Gasteiger partial charge < -0.3 is 14.8 Å². The van der Waals surface area contributed by atoms with Gasteiger partial charge in [-0.15, -0.1) is 11.3 Å². The van der Waals surface area contributed by atoms with Crippen molar-refractivity contribution < 1.29 is 19.4 Å². The number of nitrogens with zero attached hydrogens (tertiary/aromatic N) is 2. The summed E-state index contributed by atoms with van der Waals surface area (Å²) in [6, 6.07) is 17.2. The Hall–Kier alpha value is -3.91. The first-order chi connectivity index (χ1) is 16.1. The molecular weight excluding hydrogens is 438 g/mol. The summed E-state index contributed by atoms with van der Waals surface area (Å²) in [7, 11) is 0. The predicted molar refractivity (Wildman–Crippen MR) is 127 cm³/mol. The summed E-state index contributed by atoms with van der Waals surface area (Å²) in [5, 5.41) is 13.1. The number of aliphatic hydroxyl groups is 1. The van der Waals surface area contributed by atoms with E-state index in [0.29, 0.717) is 23.4 Å². The van der Waals surface area contributed by atoms with Crippen LogP contribution in [0.25, 0.3) is 16.8 Å². The fourth-order valence-electron chi connectivity index (χ4n) is 3.93. The Bertz CT molecular complexity index is 1340. The molecule has 33 heavy (non-hydrogen) atoms. The molecular formula is C25H21N3O4S. The van der Waals surface area contributed by atoms with Crippen LogP contribution in [0.3, 0.4) is 0 Å². The monoisotopic (exact) mass is 459 g/mol. The van der Waals surface area contributed by atoms with Gasteiger partial charge in [0.25, 0.3) is 5.78 Å². The van der Waals surface area contributed by atoms with Crippen LogP contribution in [0.15, 0.2) is 71.6 Å². The van der Waals surface area contributed by atoms with Crippen molar-refractivity contribution >= 4 is 45.8 Å². The smallest absolute Gasteiger partial charge is 0.302 e. The number of H-pyrrole nitrogens is 1. The van der Waals surface area contributed by atoms with E-state index >= 15 is 0 Å². The minimum Gasteiger partial charge on any atom is -0.507 e. The number of carbonyl (C=O) groups is 2. The number of nitrogens with one attached hydrogen (secondary N) is 1. The van der Waals surface area contributed by atoms with Gasteiger partial charge in [-0.1, -0.05) is 37.3 Å². The van der Waals surface area contributed by atoms with Crippen LogP contribution < -0.4 is 9.64 Å². The second-order valence-corrected chi connectivity index (χ2v) is 8.62. The maximum absolute atomic E-state index is 13.2. The normalized spacial score (nSPS) is 17.7. The number of amides is 1.